The predicted molar refractivity (Wildman–Crippen MR) is 80.4 cm³/mol. The van der Waals surface area contributed by atoms with Gasteiger partial charge in [-0.25, -0.2) is 8.93 Å². The number of hydrogen-bond acceptors (Lipinski definition) is 2. The maximum absolute atomic E-state index is 12.0. The van der Waals surface area contributed by atoms with E-state index in [1.54, 1.807) is 6.26 Å². The van der Waals surface area contributed by atoms with Crippen LogP contribution >= 0.6 is 0 Å². The fraction of sp³-hybridized carbons (Fsp3) is 0.467. The van der Waals surface area contributed by atoms with Crippen LogP contribution in [0.15, 0.2) is 34.9 Å². The van der Waals surface area contributed by atoms with Crippen LogP contribution < -0.4 is 4.72 Å². The van der Waals surface area contributed by atoms with Gasteiger partial charge in [-0.3, -0.25) is 0 Å². The number of furan rings is 1. The molecule has 0 spiro atoms. The van der Waals surface area contributed by atoms with E-state index in [4.69, 9.17) is 4.42 Å². The molecule has 2 aromatic rings. The first-order chi connectivity index (χ1) is 8.86. The van der Waals surface area contributed by atoms with Gasteiger partial charge >= 0.3 is 0 Å². The highest BCUT2D eigenvalue weighted by molar-refractivity contribution is 7.84. The normalized spacial score (nSPS) is 15.6. The smallest absolute Gasteiger partial charge is 0.133 e. The number of hydrogen-bond donors (Lipinski definition) is 1. The van der Waals surface area contributed by atoms with Gasteiger partial charge in [0.2, 0.25) is 0 Å². The quantitative estimate of drug-likeness (QED) is 0.932. The Morgan fingerprint density at radius 2 is 2.05 bits per heavy atom. The van der Waals surface area contributed by atoms with Crippen molar-refractivity contribution >= 4 is 22.0 Å². The van der Waals surface area contributed by atoms with Gasteiger partial charge in [-0.1, -0.05) is 6.07 Å². The first kappa shape index (κ1) is 14.3. The van der Waals surface area contributed by atoms with Gasteiger partial charge < -0.3 is 4.42 Å². The van der Waals surface area contributed by atoms with Crippen molar-refractivity contribution < 1.29 is 8.63 Å². The third kappa shape index (κ3) is 3.67. The van der Waals surface area contributed by atoms with E-state index in [2.05, 4.69) is 23.8 Å². The summed E-state index contributed by atoms with van der Waals surface area (Å²) in [7, 11) is -1.03. The zero-order valence-corrected chi connectivity index (χ0v) is 12.7. The fourth-order valence-corrected chi connectivity index (χ4v) is 2.70. The Hall–Kier alpha value is -1.13. The highest BCUT2D eigenvalue weighted by Crippen LogP contribution is 2.18. The molecular weight excluding hydrogens is 258 g/mol. The van der Waals surface area contributed by atoms with Gasteiger partial charge in [0.25, 0.3) is 0 Å². The van der Waals surface area contributed by atoms with E-state index in [9.17, 15) is 4.21 Å². The van der Waals surface area contributed by atoms with E-state index >= 15 is 0 Å². The van der Waals surface area contributed by atoms with Gasteiger partial charge in [0.1, 0.15) is 5.58 Å². The Balaban J connectivity index is 2.02. The average Bonchev–Trinajstić information content (AvgIpc) is 2.74. The van der Waals surface area contributed by atoms with E-state index in [0.717, 1.165) is 17.4 Å². The molecule has 2 rings (SSSR count). The van der Waals surface area contributed by atoms with Gasteiger partial charge in [0.15, 0.2) is 0 Å². The summed E-state index contributed by atoms with van der Waals surface area (Å²) < 4.78 is 20.3. The third-order valence-corrected chi connectivity index (χ3v) is 4.65. The van der Waals surface area contributed by atoms with Crippen molar-refractivity contribution in [1.82, 2.24) is 4.72 Å². The van der Waals surface area contributed by atoms with Gasteiger partial charge in [-0.2, -0.15) is 0 Å². The van der Waals surface area contributed by atoms with Crippen LogP contribution in [0.4, 0.5) is 0 Å². The van der Waals surface area contributed by atoms with Crippen molar-refractivity contribution in [3.63, 3.8) is 0 Å². The highest BCUT2D eigenvalue weighted by atomic mass is 32.2. The van der Waals surface area contributed by atoms with Crippen molar-refractivity contribution in [2.24, 2.45) is 0 Å². The lowest BCUT2D eigenvalue weighted by Gasteiger charge is -2.22. The molecule has 1 aromatic carbocycles. The van der Waals surface area contributed by atoms with Crippen molar-refractivity contribution in [2.45, 2.75) is 44.9 Å². The van der Waals surface area contributed by atoms with E-state index in [-0.39, 0.29) is 10.8 Å². The van der Waals surface area contributed by atoms with Crippen molar-refractivity contribution in [2.75, 3.05) is 0 Å². The minimum Gasteiger partial charge on any atom is -0.464 e. The topological polar surface area (TPSA) is 42.2 Å². The molecule has 0 aliphatic carbocycles. The zero-order valence-electron chi connectivity index (χ0n) is 11.9. The first-order valence-electron chi connectivity index (χ1n) is 6.50. The summed E-state index contributed by atoms with van der Waals surface area (Å²) >= 11 is 0. The van der Waals surface area contributed by atoms with E-state index < -0.39 is 11.0 Å². The summed E-state index contributed by atoms with van der Waals surface area (Å²) in [6.07, 6.45) is 2.55. The molecule has 19 heavy (non-hydrogen) atoms. The molecule has 4 heteroatoms. The number of nitrogens with one attached hydrogen (secondary N) is 1. The molecule has 104 valence electrons. The molecule has 0 bridgehead atoms. The van der Waals surface area contributed by atoms with Crippen LogP contribution in [0.1, 0.15) is 33.3 Å². The Morgan fingerprint density at radius 1 is 1.32 bits per heavy atom. The van der Waals surface area contributed by atoms with Crippen LogP contribution in [0, 0.1) is 0 Å². The Bertz CT molecular complexity index is 583. The summed E-state index contributed by atoms with van der Waals surface area (Å²) in [6.45, 7) is 7.98. The van der Waals surface area contributed by atoms with Crippen molar-refractivity contribution in [1.29, 1.82) is 0 Å². The molecule has 1 N–H and O–H groups in total. The largest absolute Gasteiger partial charge is 0.464 e. The molecule has 0 amide bonds. The first-order valence-corrected chi connectivity index (χ1v) is 7.65. The minimum atomic E-state index is -1.03. The van der Waals surface area contributed by atoms with Crippen LogP contribution in [-0.4, -0.2) is 15.0 Å². The van der Waals surface area contributed by atoms with Crippen LogP contribution in [-0.2, 0) is 17.4 Å². The Kier molecular flexibility index (Phi) is 4.11. The highest BCUT2D eigenvalue weighted by Gasteiger charge is 2.21. The lowest BCUT2D eigenvalue weighted by Crippen LogP contribution is -2.39. The molecule has 0 saturated heterocycles. The standard InChI is InChI=1S/C15H21NO2S/c1-11(16-19(17)15(2,3)4)9-12-5-6-14-13(10-12)7-8-18-14/h5-8,10-11,16H,9H2,1-4H3/t11-,19?/m1/s1. The van der Waals surface area contributed by atoms with E-state index in [1.165, 1.54) is 5.56 Å². The number of rotatable bonds is 4. The minimum absolute atomic E-state index is 0.171. The molecule has 1 unspecified atom stereocenters. The second kappa shape index (κ2) is 5.47. The molecule has 2 atom stereocenters. The summed E-state index contributed by atoms with van der Waals surface area (Å²) in [5, 5.41) is 1.11. The molecule has 0 saturated carbocycles. The van der Waals surface area contributed by atoms with Crippen LogP contribution in [0.2, 0.25) is 0 Å². The fourth-order valence-electron chi connectivity index (χ4n) is 1.90. The molecule has 0 aliphatic heterocycles. The second-order valence-corrected chi connectivity index (χ2v) is 7.89. The third-order valence-electron chi connectivity index (χ3n) is 2.92. The zero-order chi connectivity index (χ0) is 14.0. The SMILES string of the molecule is C[C@H](Cc1ccc2occc2c1)NS(=O)C(C)(C)C. The maximum atomic E-state index is 12.0. The molecular formula is C15H21NO2S. The van der Waals surface area contributed by atoms with Crippen LogP contribution in [0.25, 0.3) is 11.0 Å². The van der Waals surface area contributed by atoms with Gasteiger partial charge in [-0.15, -0.1) is 0 Å². The number of fused-ring (bicyclic) bond motifs is 1. The average molecular weight is 279 g/mol. The summed E-state index contributed by atoms with van der Waals surface area (Å²) in [5.41, 5.74) is 2.13. The molecule has 1 heterocycles. The lowest BCUT2D eigenvalue weighted by atomic mass is 10.1. The second-order valence-electron chi connectivity index (χ2n) is 5.90. The monoisotopic (exact) mass is 279 g/mol. The van der Waals surface area contributed by atoms with Crippen LogP contribution in [0.3, 0.4) is 0 Å². The van der Waals surface area contributed by atoms with E-state index in [0.29, 0.717) is 0 Å². The molecule has 0 fully saturated rings. The van der Waals surface area contributed by atoms with Crippen molar-refractivity contribution in [3.05, 3.63) is 36.1 Å². The maximum Gasteiger partial charge on any atom is 0.133 e. The molecule has 0 radical (unpaired) electrons. The molecule has 3 nitrogen and oxygen atoms in total. The summed E-state index contributed by atoms with van der Waals surface area (Å²) in [6, 6.07) is 8.30. The Morgan fingerprint density at radius 3 is 2.74 bits per heavy atom. The molecule has 1 aromatic heterocycles. The van der Waals surface area contributed by atoms with Crippen molar-refractivity contribution in [3.8, 4) is 0 Å². The van der Waals surface area contributed by atoms with Crippen LogP contribution in [0.5, 0.6) is 0 Å². The lowest BCUT2D eigenvalue weighted by molar-refractivity contribution is 0.603. The van der Waals surface area contributed by atoms with Gasteiger partial charge in [0.05, 0.1) is 22.0 Å². The van der Waals surface area contributed by atoms with Gasteiger partial charge in [0, 0.05) is 11.4 Å². The van der Waals surface area contributed by atoms with E-state index in [1.807, 2.05) is 32.9 Å². The van der Waals surface area contributed by atoms with Gasteiger partial charge in [-0.05, 0) is 57.9 Å². The molecule has 0 aliphatic rings. The summed E-state index contributed by atoms with van der Waals surface area (Å²) in [4.78, 5) is 0. The Labute approximate surface area is 117 Å². The predicted octanol–water partition coefficient (Wildman–Crippen LogP) is 3.42. The number of benzene rings is 1. The summed E-state index contributed by atoms with van der Waals surface area (Å²) in [5.74, 6) is 0.